The van der Waals surface area contributed by atoms with Crippen LogP contribution in [0.4, 0.5) is 4.79 Å². The Morgan fingerprint density at radius 2 is 2.05 bits per heavy atom. The predicted octanol–water partition coefficient (Wildman–Crippen LogP) is 2.76. The lowest BCUT2D eigenvalue weighted by Crippen LogP contribution is -2.36. The molecule has 0 fully saturated rings. The number of pyridine rings is 1. The van der Waals surface area contributed by atoms with E-state index in [1.54, 1.807) is 6.20 Å². The molecule has 0 aliphatic carbocycles. The minimum atomic E-state index is -0.516. The highest BCUT2D eigenvalue weighted by atomic mass is 16.6. The Kier molecular flexibility index (Phi) is 4.43. The number of benzene rings is 1. The number of fused-ring (bicyclic) bond motifs is 1. The maximum absolute atomic E-state index is 11.7. The Morgan fingerprint density at radius 3 is 2.76 bits per heavy atom. The lowest BCUT2D eigenvalue weighted by Gasteiger charge is -2.21. The number of alkyl carbamates (subject to hydrolysis) is 1. The van der Waals surface area contributed by atoms with E-state index in [1.165, 1.54) is 0 Å². The van der Waals surface area contributed by atoms with E-state index in [-0.39, 0.29) is 6.04 Å². The maximum atomic E-state index is 11.7. The Morgan fingerprint density at radius 1 is 1.33 bits per heavy atom. The first kappa shape index (κ1) is 15.3. The van der Waals surface area contributed by atoms with Gasteiger partial charge in [0, 0.05) is 24.2 Å². The van der Waals surface area contributed by atoms with Gasteiger partial charge in [0.05, 0.1) is 5.52 Å². The number of para-hydroxylation sites is 1. The van der Waals surface area contributed by atoms with E-state index in [0.717, 1.165) is 16.5 Å². The molecule has 1 atom stereocenters. The third kappa shape index (κ3) is 4.16. The van der Waals surface area contributed by atoms with Crippen molar-refractivity contribution >= 4 is 17.0 Å². The average molecular weight is 287 g/mol. The van der Waals surface area contributed by atoms with Gasteiger partial charge in [-0.05, 0) is 38.5 Å². The third-order valence-corrected chi connectivity index (χ3v) is 2.95. The lowest BCUT2D eigenvalue weighted by atomic mass is 10.0. The molecule has 3 N–H and O–H groups in total. The summed E-state index contributed by atoms with van der Waals surface area (Å²) in [4.78, 5) is 16.0. The average Bonchev–Trinajstić information content (AvgIpc) is 2.42. The Labute approximate surface area is 124 Å². The van der Waals surface area contributed by atoms with Gasteiger partial charge >= 0.3 is 6.09 Å². The monoisotopic (exact) mass is 287 g/mol. The first-order valence-corrected chi connectivity index (χ1v) is 6.93. The van der Waals surface area contributed by atoms with Crippen molar-refractivity contribution in [1.82, 2.24) is 10.3 Å². The second-order valence-corrected chi connectivity index (χ2v) is 5.91. The second kappa shape index (κ2) is 6.10. The minimum Gasteiger partial charge on any atom is -0.444 e. The van der Waals surface area contributed by atoms with Crippen LogP contribution < -0.4 is 11.1 Å². The molecule has 0 saturated heterocycles. The number of aromatic nitrogens is 1. The predicted molar refractivity (Wildman–Crippen MR) is 82.9 cm³/mol. The van der Waals surface area contributed by atoms with Crippen molar-refractivity contribution in [3.8, 4) is 0 Å². The van der Waals surface area contributed by atoms with Crippen molar-refractivity contribution in [2.75, 3.05) is 6.54 Å². The summed E-state index contributed by atoms with van der Waals surface area (Å²) in [7, 11) is 0. The van der Waals surface area contributed by atoms with E-state index in [9.17, 15) is 4.79 Å². The largest absolute Gasteiger partial charge is 0.444 e. The van der Waals surface area contributed by atoms with E-state index in [4.69, 9.17) is 10.5 Å². The highest BCUT2D eigenvalue weighted by Gasteiger charge is 2.17. The fraction of sp³-hybridized carbons (Fsp3) is 0.375. The van der Waals surface area contributed by atoms with Crippen LogP contribution in [0.1, 0.15) is 32.4 Å². The standard InChI is InChI=1S/C16H21N3O2/c1-16(2,3)21-15(20)19-10-13(17)11-8-9-18-14-7-5-4-6-12(11)14/h4-9,13H,10,17H2,1-3H3,(H,19,20). The summed E-state index contributed by atoms with van der Waals surface area (Å²) in [5.41, 5.74) is 7.51. The molecule has 2 rings (SSSR count). The molecule has 0 aliphatic heterocycles. The number of nitrogens with one attached hydrogen (secondary N) is 1. The summed E-state index contributed by atoms with van der Waals surface area (Å²) in [5.74, 6) is 0. The van der Waals surface area contributed by atoms with Gasteiger partial charge in [0.25, 0.3) is 0 Å². The number of carbonyl (C=O) groups is 1. The molecule has 0 radical (unpaired) electrons. The summed E-state index contributed by atoms with van der Waals surface area (Å²) < 4.78 is 5.19. The highest BCUT2D eigenvalue weighted by molar-refractivity contribution is 5.82. The number of rotatable bonds is 3. The van der Waals surface area contributed by atoms with Gasteiger partial charge < -0.3 is 15.8 Å². The normalized spacial score (nSPS) is 13.0. The molecule has 112 valence electrons. The molecule has 1 heterocycles. The van der Waals surface area contributed by atoms with Crippen LogP contribution in [0.25, 0.3) is 10.9 Å². The van der Waals surface area contributed by atoms with E-state index in [2.05, 4.69) is 10.3 Å². The van der Waals surface area contributed by atoms with Crippen LogP contribution in [0.2, 0.25) is 0 Å². The number of carbonyl (C=O) groups excluding carboxylic acids is 1. The van der Waals surface area contributed by atoms with Gasteiger partial charge in [0.1, 0.15) is 5.60 Å². The molecule has 1 amide bonds. The number of hydrogen-bond donors (Lipinski definition) is 2. The number of nitrogens with two attached hydrogens (primary N) is 1. The summed E-state index contributed by atoms with van der Waals surface area (Å²) in [6.07, 6.45) is 1.27. The van der Waals surface area contributed by atoms with Gasteiger partial charge in [-0.25, -0.2) is 4.79 Å². The van der Waals surface area contributed by atoms with Gasteiger partial charge in [0.15, 0.2) is 0 Å². The summed E-state index contributed by atoms with van der Waals surface area (Å²) in [5, 5.41) is 3.69. The first-order chi connectivity index (χ1) is 9.87. The quantitative estimate of drug-likeness (QED) is 0.910. The zero-order chi connectivity index (χ0) is 15.5. The van der Waals surface area contributed by atoms with E-state index >= 15 is 0 Å². The van der Waals surface area contributed by atoms with Crippen molar-refractivity contribution in [1.29, 1.82) is 0 Å². The molecular formula is C16H21N3O2. The van der Waals surface area contributed by atoms with E-state index in [0.29, 0.717) is 6.54 Å². The topological polar surface area (TPSA) is 77.2 Å². The van der Waals surface area contributed by atoms with Crippen LogP contribution in [-0.2, 0) is 4.74 Å². The van der Waals surface area contributed by atoms with Gasteiger partial charge in [-0.2, -0.15) is 0 Å². The molecule has 1 aromatic carbocycles. The molecule has 0 spiro atoms. The maximum Gasteiger partial charge on any atom is 0.407 e. The van der Waals surface area contributed by atoms with Crippen LogP contribution in [0.5, 0.6) is 0 Å². The molecule has 1 aromatic heterocycles. The molecule has 21 heavy (non-hydrogen) atoms. The van der Waals surface area contributed by atoms with Gasteiger partial charge in [-0.1, -0.05) is 18.2 Å². The fourth-order valence-corrected chi connectivity index (χ4v) is 2.06. The summed E-state index contributed by atoms with van der Waals surface area (Å²) in [6.45, 7) is 5.78. The molecule has 0 saturated carbocycles. The number of hydrogen-bond acceptors (Lipinski definition) is 4. The fourth-order valence-electron chi connectivity index (χ4n) is 2.06. The third-order valence-electron chi connectivity index (χ3n) is 2.95. The first-order valence-electron chi connectivity index (χ1n) is 6.93. The minimum absolute atomic E-state index is 0.308. The van der Waals surface area contributed by atoms with Gasteiger partial charge in [-0.15, -0.1) is 0 Å². The zero-order valence-electron chi connectivity index (χ0n) is 12.6. The zero-order valence-corrected chi connectivity index (χ0v) is 12.6. The molecule has 2 aromatic rings. The molecule has 0 aliphatic rings. The number of amides is 1. The van der Waals surface area contributed by atoms with Gasteiger partial charge in [-0.3, -0.25) is 4.98 Å². The van der Waals surface area contributed by atoms with Crippen LogP contribution in [0.15, 0.2) is 36.5 Å². The molecule has 0 bridgehead atoms. The molecule has 5 nitrogen and oxygen atoms in total. The Balaban J connectivity index is 2.06. The van der Waals surface area contributed by atoms with Crippen LogP contribution in [-0.4, -0.2) is 23.2 Å². The van der Waals surface area contributed by atoms with Crippen molar-refractivity contribution < 1.29 is 9.53 Å². The van der Waals surface area contributed by atoms with Crippen molar-refractivity contribution in [3.05, 3.63) is 42.1 Å². The van der Waals surface area contributed by atoms with E-state index < -0.39 is 11.7 Å². The number of nitrogens with zero attached hydrogens (tertiary/aromatic N) is 1. The summed E-state index contributed by atoms with van der Waals surface area (Å²) in [6, 6.07) is 9.36. The summed E-state index contributed by atoms with van der Waals surface area (Å²) >= 11 is 0. The second-order valence-electron chi connectivity index (χ2n) is 5.91. The molecular weight excluding hydrogens is 266 g/mol. The van der Waals surface area contributed by atoms with Crippen molar-refractivity contribution in [3.63, 3.8) is 0 Å². The SMILES string of the molecule is CC(C)(C)OC(=O)NCC(N)c1ccnc2ccccc12. The van der Waals surface area contributed by atoms with Crippen LogP contribution >= 0.6 is 0 Å². The van der Waals surface area contributed by atoms with Crippen molar-refractivity contribution in [2.24, 2.45) is 5.73 Å². The Bertz CT molecular complexity index is 629. The van der Waals surface area contributed by atoms with Crippen molar-refractivity contribution in [2.45, 2.75) is 32.4 Å². The van der Waals surface area contributed by atoms with E-state index in [1.807, 2.05) is 51.1 Å². The lowest BCUT2D eigenvalue weighted by molar-refractivity contribution is 0.0524. The number of ether oxygens (including phenoxy) is 1. The smallest absolute Gasteiger partial charge is 0.407 e. The van der Waals surface area contributed by atoms with Gasteiger partial charge in [0.2, 0.25) is 0 Å². The Hall–Kier alpha value is -2.14. The highest BCUT2D eigenvalue weighted by Crippen LogP contribution is 2.20. The van der Waals surface area contributed by atoms with Crippen LogP contribution in [0, 0.1) is 0 Å². The molecule has 1 unspecified atom stereocenters. The van der Waals surface area contributed by atoms with Crippen LogP contribution in [0.3, 0.4) is 0 Å². The molecule has 5 heteroatoms.